The molecule has 2 aromatic rings. The van der Waals surface area contributed by atoms with E-state index in [9.17, 15) is 0 Å². The Bertz CT molecular complexity index is 563. The van der Waals surface area contributed by atoms with E-state index in [4.69, 9.17) is 5.73 Å². The number of nitrogen functional groups attached to an aromatic ring is 1. The number of anilines is 1. The molecule has 0 saturated heterocycles. The number of nitrogens with zero attached hydrogens (tertiary/aromatic N) is 2. The van der Waals surface area contributed by atoms with Crippen molar-refractivity contribution in [3.05, 3.63) is 46.5 Å². The maximum atomic E-state index is 5.72. The molecule has 0 unspecified atom stereocenters. The van der Waals surface area contributed by atoms with Crippen LogP contribution in [0.15, 0.2) is 30.5 Å². The molecule has 114 valence electrons. The first-order chi connectivity index (χ1) is 9.74. The van der Waals surface area contributed by atoms with Crippen molar-refractivity contribution in [1.29, 1.82) is 0 Å². The van der Waals surface area contributed by atoms with Gasteiger partial charge in [-0.25, -0.2) is 4.98 Å². The number of benzene rings is 1. The molecule has 2 N–H and O–H groups in total. The molecule has 21 heavy (non-hydrogen) atoms. The molecule has 5 heteroatoms. The lowest BCUT2D eigenvalue weighted by molar-refractivity contribution is 0.248. The predicted molar refractivity (Wildman–Crippen MR) is 91.9 cm³/mol. The van der Waals surface area contributed by atoms with Gasteiger partial charge in [-0.1, -0.05) is 31.2 Å². The molecule has 0 spiro atoms. The maximum absolute atomic E-state index is 5.72. The molecular weight excluding hydrogens is 302 g/mol. The molecule has 1 saturated carbocycles. The summed E-state index contributed by atoms with van der Waals surface area (Å²) in [4.78, 5) is 7.96. The lowest BCUT2D eigenvalue weighted by Gasteiger charge is -2.21. The zero-order valence-corrected chi connectivity index (χ0v) is 13.9. The average molecular weight is 324 g/mol. The van der Waals surface area contributed by atoms with Gasteiger partial charge in [0.1, 0.15) is 0 Å². The highest BCUT2D eigenvalue weighted by Crippen LogP contribution is 2.31. The van der Waals surface area contributed by atoms with Crippen LogP contribution < -0.4 is 5.73 Å². The van der Waals surface area contributed by atoms with Crippen molar-refractivity contribution in [1.82, 2.24) is 9.88 Å². The van der Waals surface area contributed by atoms with Crippen molar-refractivity contribution in [2.45, 2.75) is 45.3 Å². The van der Waals surface area contributed by atoms with E-state index in [1.54, 1.807) is 11.3 Å². The largest absolute Gasteiger partial charge is 0.375 e. The van der Waals surface area contributed by atoms with Crippen molar-refractivity contribution >= 4 is 28.9 Å². The summed E-state index contributed by atoms with van der Waals surface area (Å²) in [5.74, 6) is 0. The Morgan fingerprint density at radius 2 is 1.86 bits per heavy atom. The van der Waals surface area contributed by atoms with Crippen molar-refractivity contribution in [2.75, 3.05) is 5.73 Å². The predicted octanol–water partition coefficient (Wildman–Crippen LogP) is 3.87. The number of rotatable bonds is 6. The van der Waals surface area contributed by atoms with Gasteiger partial charge in [-0.2, -0.15) is 0 Å². The molecule has 1 aromatic heterocycles. The second-order valence-electron chi connectivity index (χ2n) is 5.47. The smallest absolute Gasteiger partial charge is 0.180 e. The molecule has 1 aliphatic carbocycles. The summed E-state index contributed by atoms with van der Waals surface area (Å²) >= 11 is 1.60. The average Bonchev–Trinajstić information content (AvgIpc) is 3.23. The lowest BCUT2D eigenvalue weighted by atomic mass is 10.1. The fourth-order valence-electron chi connectivity index (χ4n) is 2.46. The van der Waals surface area contributed by atoms with Gasteiger partial charge >= 0.3 is 0 Å². The van der Waals surface area contributed by atoms with Crippen LogP contribution in [-0.2, 0) is 19.5 Å². The van der Waals surface area contributed by atoms with Crippen LogP contribution in [0.2, 0.25) is 0 Å². The third kappa shape index (κ3) is 4.43. The molecule has 0 bridgehead atoms. The molecule has 1 heterocycles. The van der Waals surface area contributed by atoms with E-state index in [1.807, 2.05) is 6.20 Å². The highest BCUT2D eigenvalue weighted by molar-refractivity contribution is 7.15. The van der Waals surface area contributed by atoms with E-state index < -0.39 is 0 Å². The van der Waals surface area contributed by atoms with Crippen LogP contribution >= 0.6 is 23.7 Å². The van der Waals surface area contributed by atoms with Gasteiger partial charge < -0.3 is 5.73 Å². The molecule has 0 radical (unpaired) electrons. The third-order valence-corrected chi connectivity index (χ3v) is 4.62. The molecular formula is C16H22ClN3S. The Hall–Kier alpha value is -1.10. The van der Waals surface area contributed by atoms with Crippen molar-refractivity contribution < 1.29 is 0 Å². The van der Waals surface area contributed by atoms with Gasteiger partial charge in [-0.15, -0.1) is 23.7 Å². The van der Waals surface area contributed by atoms with E-state index in [0.717, 1.165) is 25.6 Å². The molecule has 0 amide bonds. The Balaban J connectivity index is 0.00000161. The summed E-state index contributed by atoms with van der Waals surface area (Å²) < 4.78 is 0. The second-order valence-corrected chi connectivity index (χ2v) is 6.62. The van der Waals surface area contributed by atoms with Gasteiger partial charge in [0.15, 0.2) is 5.13 Å². The first kappa shape index (κ1) is 16.3. The Morgan fingerprint density at radius 1 is 1.19 bits per heavy atom. The van der Waals surface area contributed by atoms with Gasteiger partial charge in [-0.3, -0.25) is 4.90 Å². The Morgan fingerprint density at radius 3 is 2.38 bits per heavy atom. The number of halogens is 1. The van der Waals surface area contributed by atoms with E-state index >= 15 is 0 Å². The van der Waals surface area contributed by atoms with Gasteiger partial charge in [0.05, 0.1) is 0 Å². The minimum absolute atomic E-state index is 0. The van der Waals surface area contributed by atoms with Crippen LogP contribution in [0.5, 0.6) is 0 Å². The summed E-state index contributed by atoms with van der Waals surface area (Å²) in [6.07, 6.45) is 5.66. The summed E-state index contributed by atoms with van der Waals surface area (Å²) in [7, 11) is 0. The van der Waals surface area contributed by atoms with E-state index in [-0.39, 0.29) is 12.4 Å². The standard InChI is InChI=1S/C16H21N3S.ClH/c1-2-12-3-5-13(6-4-12)10-19(14-7-8-14)11-15-9-18-16(17)20-15;/h3-6,9,14H,2,7-8,10-11H2,1H3,(H2,17,18);1H. The minimum atomic E-state index is 0. The fourth-order valence-corrected chi connectivity index (χ4v) is 3.17. The molecule has 3 nitrogen and oxygen atoms in total. The second kappa shape index (κ2) is 7.25. The van der Waals surface area contributed by atoms with Gasteiger partial charge in [0.25, 0.3) is 0 Å². The highest BCUT2D eigenvalue weighted by Gasteiger charge is 2.29. The number of nitrogens with two attached hydrogens (primary N) is 1. The summed E-state index contributed by atoms with van der Waals surface area (Å²) in [5, 5.41) is 0.669. The van der Waals surface area contributed by atoms with Gasteiger partial charge in [0.2, 0.25) is 0 Å². The zero-order valence-electron chi connectivity index (χ0n) is 12.3. The monoisotopic (exact) mass is 323 g/mol. The highest BCUT2D eigenvalue weighted by atomic mass is 35.5. The summed E-state index contributed by atoms with van der Waals surface area (Å²) in [6, 6.07) is 9.74. The van der Waals surface area contributed by atoms with Crippen LogP contribution in [0.25, 0.3) is 0 Å². The van der Waals surface area contributed by atoms with Crippen LogP contribution in [0.3, 0.4) is 0 Å². The molecule has 3 rings (SSSR count). The van der Waals surface area contributed by atoms with Crippen LogP contribution in [0.4, 0.5) is 5.13 Å². The first-order valence-corrected chi connectivity index (χ1v) is 8.08. The third-order valence-electron chi connectivity index (χ3n) is 3.81. The van der Waals surface area contributed by atoms with E-state index in [1.165, 1.54) is 28.8 Å². The zero-order chi connectivity index (χ0) is 13.9. The Kier molecular flexibility index (Phi) is 5.62. The minimum Gasteiger partial charge on any atom is -0.375 e. The van der Waals surface area contributed by atoms with Crippen molar-refractivity contribution in [3.8, 4) is 0 Å². The lowest BCUT2D eigenvalue weighted by Crippen LogP contribution is -2.24. The molecule has 1 aliphatic rings. The number of aryl methyl sites for hydroxylation is 1. The topological polar surface area (TPSA) is 42.2 Å². The first-order valence-electron chi connectivity index (χ1n) is 7.26. The SMILES string of the molecule is CCc1ccc(CN(Cc2cnc(N)s2)C2CC2)cc1.Cl. The van der Waals surface area contributed by atoms with Crippen LogP contribution in [0, 0.1) is 0 Å². The molecule has 1 fully saturated rings. The fraction of sp³-hybridized carbons (Fsp3) is 0.438. The van der Waals surface area contributed by atoms with Gasteiger partial charge in [-0.05, 0) is 30.4 Å². The van der Waals surface area contributed by atoms with E-state index in [0.29, 0.717) is 5.13 Å². The van der Waals surface area contributed by atoms with Crippen molar-refractivity contribution in [3.63, 3.8) is 0 Å². The molecule has 0 aliphatic heterocycles. The van der Waals surface area contributed by atoms with Gasteiger partial charge in [0, 0.05) is 30.2 Å². The van der Waals surface area contributed by atoms with Crippen molar-refractivity contribution in [2.24, 2.45) is 0 Å². The maximum Gasteiger partial charge on any atom is 0.180 e. The number of hydrogen-bond donors (Lipinski definition) is 1. The van der Waals surface area contributed by atoms with E-state index in [2.05, 4.69) is 41.1 Å². The molecule has 0 atom stereocenters. The van der Waals surface area contributed by atoms with Crippen LogP contribution in [-0.4, -0.2) is 15.9 Å². The number of thiazole rings is 1. The number of aromatic nitrogens is 1. The normalized spacial score (nSPS) is 14.2. The number of hydrogen-bond acceptors (Lipinski definition) is 4. The summed E-state index contributed by atoms with van der Waals surface area (Å²) in [6.45, 7) is 4.18. The summed E-state index contributed by atoms with van der Waals surface area (Å²) in [5.41, 5.74) is 8.52. The van der Waals surface area contributed by atoms with Crippen LogP contribution in [0.1, 0.15) is 35.8 Å². The quantitative estimate of drug-likeness (QED) is 0.877. The Labute approximate surface area is 136 Å². The molecule has 1 aromatic carbocycles.